The van der Waals surface area contributed by atoms with Gasteiger partial charge in [0.05, 0.1) is 7.11 Å². The zero-order valence-electron chi connectivity index (χ0n) is 8.69. The predicted molar refractivity (Wildman–Crippen MR) is 57.4 cm³/mol. The first kappa shape index (κ1) is 10.4. The highest BCUT2D eigenvalue weighted by atomic mass is 16.5. The van der Waals surface area contributed by atoms with E-state index >= 15 is 0 Å². The molecule has 4 heteroatoms. The molecule has 1 aromatic rings. The molecule has 0 saturated carbocycles. The molecule has 0 aliphatic rings. The van der Waals surface area contributed by atoms with Crippen molar-refractivity contribution in [3.8, 4) is 5.75 Å². The van der Waals surface area contributed by atoms with Crippen molar-refractivity contribution in [1.29, 1.82) is 0 Å². The molecular formula is C10H15N3O. The molecule has 0 spiro atoms. The smallest absolute Gasteiger partial charge is 0.150 e. The molecule has 1 aromatic carbocycles. The maximum atomic E-state index is 5.75. The topological polar surface area (TPSA) is 50.9 Å². The van der Waals surface area contributed by atoms with E-state index < -0.39 is 0 Å². The van der Waals surface area contributed by atoms with Crippen molar-refractivity contribution in [2.45, 2.75) is 0 Å². The Kier molecular flexibility index (Phi) is 3.34. The Morgan fingerprint density at radius 1 is 1.29 bits per heavy atom. The standard InChI is InChI=1S/C10H15N3O/c1-13(2)12-10(11)8-4-6-9(14-3)7-5-8/h4-7H,1-3H3,(H2,11,12). The molecule has 0 bridgehead atoms. The fourth-order valence-corrected chi connectivity index (χ4v) is 1.03. The molecule has 1 rings (SSSR count). The number of hydrazone groups is 1. The van der Waals surface area contributed by atoms with Crippen molar-refractivity contribution in [3.05, 3.63) is 29.8 Å². The lowest BCUT2D eigenvalue weighted by atomic mass is 10.2. The fraction of sp³-hybridized carbons (Fsp3) is 0.300. The number of hydrogen-bond donors (Lipinski definition) is 1. The molecule has 0 unspecified atom stereocenters. The average Bonchev–Trinajstić information content (AvgIpc) is 2.17. The minimum atomic E-state index is 0.498. The van der Waals surface area contributed by atoms with E-state index in [1.165, 1.54) is 0 Å². The third kappa shape index (κ3) is 2.65. The van der Waals surface area contributed by atoms with E-state index in [1.54, 1.807) is 12.1 Å². The lowest BCUT2D eigenvalue weighted by Gasteiger charge is -2.07. The average molecular weight is 193 g/mol. The van der Waals surface area contributed by atoms with E-state index in [0.29, 0.717) is 5.84 Å². The minimum Gasteiger partial charge on any atom is -0.497 e. The van der Waals surface area contributed by atoms with Crippen molar-refractivity contribution >= 4 is 5.84 Å². The maximum absolute atomic E-state index is 5.75. The van der Waals surface area contributed by atoms with Gasteiger partial charge in [0.1, 0.15) is 5.75 Å². The van der Waals surface area contributed by atoms with Crippen LogP contribution in [-0.4, -0.2) is 32.0 Å². The van der Waals surface area contributed by atoms with Crippen molar-refractivity contribution in [3.63, 3.8) is 0 Å². The Bertz CT molecular complexity index is 317. The van der Waals surface area contributed by atoms with Gasteiger partial charge in [0.25, 0.3) is 0 Å². The maximum Gasteiger partial charge on any atom is 0.150 e. The molecule has 0 fully saturated rings. The molecule has 0 radical (unpaired) electrons. The van der Waals surface area contributed by atoms with Gasteiger partial charge in [-0.1, -0.05) is 0 Å². The first-order valence-corrected chi connectivity index (χ1v) is 4.29. The van der Waals surface area contributed by atoms with Gasteiger partial charge in [0, 0.05) is 19.7 Å². The van der Waals surface area contributed by atoms with Gasteiger partial charge in [-0.15, -0.1) is 0 Å². The van der Waals surface area contributed by atoms with E-state index in [4.69, 9.17) is 10.5 Å². The molecule has 2 N–H and O–H groups in total. The summed E-state index contributed by atoms with van der Waals surface area (Å²) in [7, 11) is 5.29. The van der Waals surface area contributed by atoms with Crippen molar-refractivity contribution in [2.24, 2.45) is 10.8 Å². The summed E-state index contributed by atoms with van der Waals surface area (Å²) < 4.78 is 5.04. The van der Waals surface area contributed by atoms with Gasteiger partial charge in [-0.25, -0.2) is 0 Å². The summed E-state index contributed by atoms with van der Waals surface area (Å²) >= 11 is 0. The Balaban J connectivity index is 2.86. The molecule has 0 heterocycles. The van der Waals surface area contributed by atoms with E-state index in [2.05, 4.69) is 5.10 Å². The summed E-state index contributed by atoms with van der Waals surface area (Å²) in [6, 6.07) is 7.46. The Morgan fingerprint density at radius 3 is 2.29 bits per heavy atom. The Morgan fingerprint density at radius 2 is 1.86 bits per heavy atom. The zero-order valence-corrected chi connectivity index (χ0v) is 8.69. The second kappa shape index (κ2) is 4.50. The lowest BCUT2D eigenvalue weighted by molar-refractivity contribution is 0.414. The van der Waals surface area contributed by atoms with Gasteiger partial charge in [0.2, 0.25) is 0 Å². The summed E-state index contributed by atoms with van der Waals surface area (Å²) in [5.74, 6) is 1.31. The molecule has 0 aromatic heterocycles. The first-order valence-electron chi connectivity index (χ1n) is 4.29. The van der Waals surface area contributed by atoms with Crippen LogP contribution in [0.4, 0.5) is 0 Å². The van der Waals surface area contributed by atoms with E-state index in [0.717, 1.165) is 11.3 Å². The van der Waals surface area contributed by atoms with Crippen LogP contribution < -0.4 is 10.5 Å². The number of nitrogens with zero attached hydrogens (tertiary/aromatic N) is 2. The summed E-state index contributed by atoms with van der Waals surface area (Å²) in [4.78, 5) is 0. The summed E-state index contributed by atoms with van der Waals surface area (Å²) in [5, 5.41) is 5.76. The lowest BCUT2D eigenvalue weighted by Crippen LogP contribution is -2.18. The van der Waals surface area contributed by atoms with Crippen LogP contribution in [0.1, 0.15) is 5.56 Å². The molecule has 0 saturated heterocycles. The number of methoxy groups -OCH3 is 1. The van der Waals surface area contributed by atoms with Crippen LogP contribution >= 0.6 is 0 Å². The molecule has 0 aliphatic heterocycles. The number of rotatable bonds is 3. The summed E-state index contributed by atoms with van der Waals surface area (Å²) in [6.45, 7) is 0. The van der Waals surface area contributed by atoms with Crippen molar-refractivity contribution in [2.75, 3.05) is 21.2 Å². The van der Waals surface area contributed by atoms with Crippen LogP contribution in [0.3, 0.4) is 0 Å². The van der Waals surface area contributed by atoms with Crippen LogP contribution in [0.25, 0.3) is 0 Å². The second-order valence-corrected chi connectivity index (χ2v) is 3.06. The largest absolute Gasteiger partial charge is 0.497 e. The minimum absolute atomic E-state index is 0.498. The molecular weight excluding hydrogens is 178 g/mol. The summed E-state index contributed by atoms with van der Waals surface area (Å²) in [5.41, 5.74) is 6.64. The molecule has 0 amide bonds. The highest BCUT2D eigenvalue weighted by molar-refractivity contribution is 5.97. The number of hydrogen-bond acceptors (Lipinski definition) is 3. The van der Waals surface area contributed by atoms with Crippen molar-refractivity contribution < 1.29 is 4.74 Å². The Labute approximate surface area is 84.0 Å². The van der Waals surface area contributed by atoms with Gasteiger partial charge in [-0.2, -0.15) is 5.10 Å². The highest BCUT2D eigenvalue weighted by Gasteiger charge is 1.98. The third-order valence-corrected chi connectivity index (χ3v) is 1.69. The zero-order chi connectivity index (χ0) is 10.6. The molecule has 0 aliphatic carbocycles. The summed E-state index contributed by atoms with van der Waals surface area (Å²) in [6.07, 6.45) is 0. The number of nitrogens with two attached hydrogens (primary N) is 1. The van der Waals surface area contributed by atoms with Crippen LogP contribution in [0.15, 0.2) is 29.4 Å². The Hall–Kier alpha value is -1.71. The van der Waals surface area contributed by atoms with E-state index in [9.17, 15) is 0 Å². The van der Waals surface area contributed by atoms with Gasteiger partial charge in [-0.05, 0) is 24.3 Å². The number of benzene rings is 1. The number of ether oxygens (including phenoxy) is 1. The van der Waals surface area contributed by atoms with Crippen molar-refractivity contribution in [1.82, 2.24) is 5.01 Å². The van der Waals surface area contributed by atoms with Gasteiger partial charge in [-0.3, -0.25) is 0 Å². The molecule has 4 nitrogen and oxygen atoms in total. The highest BCUT2D eigenvalue weighted by Crippen LogP contribution is 2.10. The number of amidine groups is 1. The SMILES string of the molecule is COc1ccc(/C(N)=N/N(C)C)cc1. The third-order valence-electron chi connectivity index (χ3n) is 1.69. The van der Waals surface area contributed by atoms with Gasteiger partial charge < -0.3 is 15.5 Å². The van der Waals surface area contributed by atoms with Crippen LogP contribution in [0, 0.1) is 0 Å². The quantitative estimate of drug-likeness (QED) is 0.440. The van der Waals surface area contributed by atoms with E-state index in [1.807, 2.05) is 38.4 Å². The van der Waals surface area contributed by atoms with Crippen LogP contribution in [0.5, 0.6) is 5.75 Å². The normalized spacial score (nSPS) is 11.2. The van der Waals surface area contributed by atoms with Gasteiger partial charge in [0.15, 0.2) is 5.84 Å². The van der Waals surface area contributed by atoms with E-state index in [-0.39, 0.29) is 0 Å². The van der Waals surface area contributed by atoms with Crippen LogP contribution in [-0.2, 0) is 0 Å². The second-order valence-electron chi connectivity index (χ2n) is 3.06. The molecule has 76 valence electrons. The molecule has 14 heavy (non-hydrogen) atoms. The monoisotopic (exact) mass is 193 g/mol. The first-order chi connectivity index (χ1) is 6.63. The van der Waals surface area contributed by atoms with Crippen LogP contribution in [0.2, 0.25) is 0 Å². The molecule has 0 atom stereocenters. The predicted octanol–water partition coefficient (Wildman–Crippen LogP) is 0.877. The fourth-order valence-electron chi connectivity index (χ4n) is 1.03. The van der Waals surface area contributed by atoms with Gasteiger partial charge >= 0.3 is 0 Å².